The summed E-state index contributed by atoms with van der Waals surface area (Å²) in [5, 5.41) is 37.9. The number of carboxylic acids is 1. The number of amidine groups is 1. The van der Waals surface area contributed by atoms with E-state index in [-0.39, 0.29) is 29.5 Å². The number of alkyl halides is 3. The lowest BCUT2D eigenvalue weighted by atomic mass is 9.92. The smallest absolute Gasteiger partial charge is 0.430 e. The van der Waals surface area contributed by atoms with Gasteiger partial charge in [0.15, 0.2) is 0 Å². The number of nitrogens with zero attached hydrogens (tertiary/aromatic N) is 6. The van der Waals surface area contributed by atoms with Gasteiger partial charge in [-0.2, -0.15) is 13.2 Å². The molecule has 0 unspecified atom stereocenters. The van der Waals surface area contributed by atoms with Crippen LogP contribution >= 0.6 is 0 Å². The maximum atomic E-state index is 13.6. The van der Waals surface area contributed by atoms with E-state index in [9.17, 15) is 26.4 Å². The number of nitrogens with two attached hydrogens (primary N) is 3. The molecule has 1 atom stereocenters. The molecule has 1 aliphatic rings. The number of aromatic nitrogens is 5. The number of tetrazole rings is 1. The number of anilines is 1. The number of carbonyl (C=O) groups excluding carboxylic acids is 2. The molecule has 3 heterocycles. The summed E-state index contributed by atoms with van der Waals surface area (Å²) >= 11 is 0. The van der Waals surface area contributed by atoms with Crippen molar-refractivity contribution in [3.05, 3.63) is 84.3 Å². The van der Waals surface area contributed by atoms with Crippen molar-refractivity contribution in [2.24, 2.45) is 16.0 Å². The van der Waals surface area contributed by atoms with Crippen LogP contribution in [0.1, 0.15) is 17.5 Å². The normalized spacial score (nSPS) is 16.0. The molecule has 0 aliphatic carbocycles. The first-order chi connectivity index (χ1) is 21.6. The molecule has 20 heteroatoms. The van der Waals surface area contributed by atoms with E-state index >= 15 is 0 Å². The lowest BCUT2D eigenvalue weighted by Crippen LogP contribution is -2.47. The summed E-state index contributed by atoms with van der Waals surface area (Å²) in [5.41, 5.74) is 6.91. The molecule has 0 saturated carbocycles. The molecule has 46 heavy (non-hydrogen) atoms. The number of sulfonamides is 1. The Hall–Kier alpha value is -5.76. The van der Waals surface area contributed by atoms with Crippen LogP contribution in [0.3, 0.4) is 0 Å². The first-order valence-corrected chi connectivity index (χ1v) is 14.3. The first kappa shape index (κ1) is 33.1. The van der Waals surface area contributed by atoms with Gasteiger partial charge in [0.2, 0.25) is 15.6 Å². The molecule has 0 radical (unpaired) electrons. The van der Waals surface area contributed by atoms with Crippen molar-refractivity contribution in [1.29, 1.82) is 0 Å². The number of benzene rings is 2. The third-order valence-electron chi connectivity index (χ3n) is 6.28. The van der Waals surface area contributed by atoms with Crippen LogP contribution < -0.4 is 26.7 Å². The van der Waals surface area contributed by atoms with Crippen LogP contribution in [0.5, 0.6) is 0 Å². The monoisotopic (exact) mass is 660 g/mol. The molecule has 0 bridgehead atoms. The molecule has 0 spiro atoms. The van der Waals surface area contributed by atoms with Gasteiger partial charge >= 0.3 is 6.18 Å². The van der Waals surface area contributed by atoms with Crippen LogP contribution in [0.25, 0.3) is 11.1 Å². The highest BCUT2D eigenvalue weighted by Crippen LogP contribution is 2.31. The number of hydrogen-bond acceptors (Lipinski definition) is 11. The van der Waals surface area contributed by atoms with Crippen molar-refractivity contribution in [1.82, 2.24) is 25.2 Å². The van der Waals surface area contributed by atoms with Crippen molar-refractivity contribution >= 4 is 39.3 Å². The van der Waals surface area contributed by atoms with E-state index in [1.807, 2.05) is 0 Å². The lowest BCUT2D eigenvalue weighted by Gasteiger charge is -2.24. The Morgan fingerprint density at radius 3 is 2.41 bits per heavy atom. The number of hydrogen-bond donors (Lipinski definition) is 4. The van der Waals surface area contributed by atoms with Crippen LogP contribution in [-0.4, -0.2) is 68.8 Å². The topological polar surface area (TPSA) is 259 Å². The van der Waals surface area contributed by atoms with Crippen LogP contribution in [0, 0.1) is 0 Å². The predicted molar refractivity (Wildman–Crippen MR) is 150 cm³/mol. The Morgan fingerprint density at radius 1 is 1.11 bits per heavy atom. The number of primary sulfonamides is 1. The zero-order valence-electron chi connectivity index (χ0n) is 23.2. The summed E-state index contributed by atoms with van der Waals surface area (Å²) in [6, 6.07) is 16.5. The quantitative estimate of drug-likeness (QED) is 0.123. The molecule has 0 fully saturated rings. The molecule has 1 aliphatic heterocycles. The summed E-state index contributed by atoms with van der Waals surface area (Å²) in [6.45, 7) is -0.0382. The van der Waals surface area contributed by atoms with E-state index in [1.54, 1.807) is 48.5 Å². The van der Waals surface area contributed by atoms with E-state index in [0.29, 0.717) is 28.0 Å². The second kappa shape index (κ2) is 13.1. The SMILES string of the molecule is NC(=[NH2+])c1cccc(C2=NO[C@@](Cn3cnnn3)(C(=O)Nc3ccc(-c4ccccc4S(N)(=O)=O)cn3)C2)c1.O=C([O-])C(F)(F)F. The van der Waals surface area contributed by atoms with E-state index in [4.69, 9.17) is 31.0 Å². The minimum Gasteiger partial charge on any atom is -0.542 e. The Morgan fingerprint density at radius 2 is 1.83 bits per heavy atom. The number of aliphatic carboxylic acids is 1. The number of halogens is 3. The summed E-state index contributed by atoms with van der Waals surface area (Å²) in [4.78, 5) is 32.4. The molecular formula is C26H23F3N10O6S. The molecule has 5 rings (SSSR count). The van der Waals surface area contributed by atoms with Crippen LogP contribution in [0.2, 0.25) is 0 Å². The number of nitrogens with one attached hydrogen (secondary N) is 1. The molecule has 7 N–H and O–H groups in total. The third-order valence-corrected chi connectivity index (χ3v) is 7.25. The van der Waals surface area contributed by atoms with Crippen LogP contribution in [0.15, 0.2) is 83.2 Å². The van der Waals surface area contributed by atoms with Crippen molar-refractivity contribution in [3.8, 4) is 11.1 Å². The zero-order chi connectivity index (χ0) is 33.7. The molecule has 0 saturated heterocycles. The predicted octanol–water partition coefficient (Wildman–Crippen LogP) is -1.65. The van der Waals surface area contributed by atoms with E-state index in [1.165, 1.54) is 29.3 Å². The number of carboxylic acid groups (broad SMARTS) is 1. The van der Waals surface area contributed by atoms with Gasteiger partial charge in [-0.3, -0.25) is 15.9 Å². The van der Waals surface area contributed by atoms with Crippen molar-refractivity contribution in [2.75, 3.05) is 5.32 Å². The fourth-order valence-corrected chi connectivity index (χ4v) is 4.87. The van der Waals surface area contributed by atoms with Gasteiger partial charge in [0.05, 0.1) is 22.7 Å². The second-order valence-electron chi connectivity index (χ2n) is 9.56. The average Bonchev–Trinajstić information content (AvgIpc) is 3.68. The lowest BCUT2D eigenvalue weighted by molar-refractivity contribution is -0.344. The largest absolute Gasteiger partial charge is 0.542 e. The number of oxime groups is 1. The molecule has 16 nitrogen and oxygen atoms in total. The Kier molecular flexibility index (Phi) is 9.42. The van der Waals surface area contributed by atoms with Gasteiger partial charge in [0, 0.05) is 29.3 Å². The Bertz CT molecular complexity index is 1900. The van der Waals surface area contributed by atoms with Crippen LogP contribution in [0.4, 0.5) is 19.0 Å². The third kappa shape index (κ3) is 7.84. The first-order valence-electron chi connectivity index (χ1n) is 12.7. The summed E-state index contributed by atoms with van der Waals surface area (Å²) in [6.07, 6.45) is -2.31. The van der Waals surface area contributed by atoms with Crippen LogP contribution in [-0.2, 0) is 31.0 Å². The highest BCUT2D eigenvalue weighted by Gasteiger charge is 2.48. The van der Waals surface area contributed by atoms with Gasteiger partial charge in [-0.25, -0.2) is 23.2 Å². The molecular weight excluding hydrogens is 637 g/mol. The van der Waals surface area contributed by atoms with Gasteiger partial charge in [0.1, 0.15) is 18.1 Å². The maximum Gasteiger partial charge on any atom is 0.430 e. The van der Waals surface area contributed by atoms with Crippen molar-refractivity contribution < 1.29 is 46.5 Å². The fourth-order valence-electron chi connectivity index (χ4n) is 4.11. The molecule has 1 amide bonds. The number of amides is 1. The molecule has 2 aromatic heterocycles. The molecule has 2 aromatic carbocycles. The standard InChI is InChI=1S/C24H22N10O4S.C2HF3O2/c25-22(26)16-5-3-4-15(10-16)19-11-24(38-31-19,13-34-14-29-32-33-34)23(35)30-21-9-8-17(12-28-21)18-6-1-2-7-20(18)39(27,36)37;3-2(4,5)1(6)7/h1-10,12,14H,11,13H2,(H3,25,26)(H2,27,36,37)(H,28,30,35);(H,6,7)/t24-;/m0./s1. The van der Waals surface area contributed by atoms with Gasteiger partial charge < -0.3 is 20.1 Å². The number of carbonyl (C=O) groups is 2. The maximum absolute atomic E-state index is 13.6. The highest BCUT2D eigenvalue weighted by atomic mass is 32.2. The fraction of sp³-hybridized carbons (Fsp3) is 0.154. The summed E-state index contributed by atoms with van der Waals surface area (Å²) in [5.74, 6) is -3.19. The highest BCUT2D eigenvalue weighted by molar-refractivity contribution is 7.89. The summed E-state index contributed by atoms with van der Waals surface area (Å²) in [7, 11) is -3.95. The minimum absolute atomic E-state index is 0.0360. The van der Waals surface area contributed by atoms with E-state index in [0.717, 1.165) is 0 Å². The number of rotatable bonds is 8. The van der Waals surface area contributed by atoms with Crippen molar-refractivity contribution in [2.45, 2.75) is 29.6 Å². The second-order valence-corrected chi connectivity index (χ2v) is 11.1. The summed E-state index contributed by atoms with van der Waals surface area (Å²) < 4.78 is 56.9. The van der Waals surface area contributed by atoms with Gasteiger partial charge in [-0.1, -0.05) is 35.5 Å². The Balaban J connectivity index is 0.000000617. The number of pyridine rings is 1. The average molecular weight is 661 g/mol. The minimum atomic E-state index is -5.19. The Labute approximate surface area is 257 Å². The molecule has 240 valence electrons. The van der Waals surface area contributed by atoms with Gasteiger partial charge in [0.25, 0.3) is 11.7 Å². The molecule has 4 aromatic rings. The van der Waals surface area contributed by atoms with Gasteiger partial charge in [-0.05, 0) is 40.8 Å². The van der Waals surface area contributed by atoms with Gasteiger partial charge in [-0.15, -0.1) is 5.10 Å². The van der Waals surface area contributed by atoms with Crippen molar-refractivity contribution in [3.63, 3.8) is 0 Å². The zero-order valence-corrected chi connectivity index (χ0v) is 24.1. The van der Waals surface area contributed by atoms with E-state index in [2.05, 4.69) is 31.0 Å². The van der Waals surface area contributed by atoms with E-state index < -0.39 is 33.7 Å².